The number of rotatable bonds is 4. The zero-order valence-electron chi connectivity index (χ0n) is 16.8. The van der Waals surface area contributed by atoms with Crippen LogP contribution in [0.4, 0.5) is 10.5 Å². The van der Waals surface area contributed by atoms with Gasteiger partial charge in [-0.25, -0.2) is 4.79 Å². The quantitative estimate of drug-likeness (QED) is 0.828. The summed E-state index contributed by atoms with van der Waals surface area (Å²) in [5.74, 6) is 0.519. The van der Waals surface area contributed by atoms with Gasteiger partial charge in [0, 0.05) is 49.5 Å². The molecule has 0 aliphatic carbocycles. The summed E-state index contributed by atoms with van der Waals surface area (Å²) in [7, 11) is 0. The first-order chi connectivity index (χ1) is 13.7. The molecule has 3 aliphatic rings. The average molecular weight is 405 g/mol. The van der Waals surface area contributed by atoms with Gasteiger partial charge in [0.25, 0.3) is 0 Å². The lowest BCUT2D eigenvalue weighted by molar-refractivity contribution is 0.101. The zero-order valence-corrected chi connectivity index (χ0v) is 17.5. The highest BCUT2D eigenvalue weighted by Gasteiger charge is 2.28. The minimum atomic E-state index is 0.127. The van der Waals surface area contributed by atoms with Gasteiger partial charge in [0.1, 0.15) is 0 Å². The van der Waals surface area contributed by atoms with Crippen LogP contribution in [-0.4, -0.2) is 67.7 Å². The maximum atomic E-state index is 12.6. The van der Waals surface area contributed by atoms with Crippen LogP contribution in [0.15, 0.2) is 24.3 Å². The lowest BCUT2D eigenvalue weighted by Crippen LogP contribution is -2.51. The molecule has 154 valence electrons. The number of urea groups is 1. The molecule has 1 atom stereocenters. The Morgan fingerprint density at radius 1 is 0.964 bits per heavy atom. The Kier molecular flexibility index (Phi) is 6.63. The van der Waals surface area contributed by atoms with Gasteiger partial charge in [0.2, 0.25) is 0 Å². The summed E-state index contributed by atoms with van der Waals surface area (Å²) in [5.41, 5.74) is 1.22. The lowest BCUT2D eigenvalue weighted by atomic mass is 10.00. The minimum Gasteiger partial charge on any atom is -0.371 e. The Labute approximate surface area is 174 Å². The molecule has 3 saturated heterocycles. The Morgan fingerprint density at radius 2 is 1.68 bits per heavy atom. The van der Waals surface area contributed by atoms with Crippen LogP contribution in [0.3, 0.4) is 0 Å². The molecular weight excluding hydrogens is 372 g/mol. The summed E-state index contributed by atoms with van der Waals surface area (Å²) >= 11 is 5.99. The number of amides is 2. The van der Waals surface area contributed by atoms with Crippen molar-refractivity contribution in [2.24, 2.45) is 5.92 Å². The fourth-order valence-corrected chi connectivity index (χ4v) is 5.07. The molecular formula is C22H33ClN4O. The number of nitrogens with zero attached hydrogens (tertiary/aromatic N) is 3. The first-order valence-corrected chi connectivity index (χ1v) is 11.3. The number of piperidine rings is 2. The highest BCUT2D eigenvalue weighted by atomic mass is 35.5. The van der Waals surface area contributed by atoms with Gasteiger partial charge >= 0.3 is 6.03 Å². The van der Waals surface area contributed by atoms with E-state index in [1.165, 1.54) is 38.0 Å². The predicted octanol–water partition coefficient (Wildman–Crippen LogP) is 3.83. The highest BCUT2D eigenvalue weighted by molar-refractivity contribution is 6.30. The van der Waals surface area contributed by atoms with Crippen molar-refractivity contribution in [2.45, 2.75) is 44.6 Å². The van der Waals surface area contributed by atoms with Gasteiger partial charge < -0.3 is 20.0 Å². The van der Waals surface area contributed by atoms with Crippen LogP contribution in [0, 0.1) is 5.92 Å². The van der Waals surface area contributed by atoms with E-state index in [9.17, 15) is 4.79 Å². The molecule has 6 heteroatoms. The fourth-order valence-electron chi connectivity index (χ4n) is 4.95. The maximum absolute atomic E-state index is 12.6. The summed E-state index contributed by atoms with van der Waals surface area (Å²) in [5, 5.41) is 3.97. The summed E-state index contributed by atoms with van der Waals surface area (Å²) in [6.45, 7) is 7.12. The third kappa shape index (κ3) is 4.93. The summed E-state index contributed by atoms with van der Waals surface area (Å²) < 4.78 is 0. The number of benzene rings is 1. The molecule has 28 heavy (non-hydrogen) atoms. The monoisotopic (exact) mass is 404 g/mol. The molecule has 0 spiro atoms. The topological polar surface area (TPSA) is 38.8 Å². The fraction of sp³-hybridized carbons (Fsp3) is 0.682. The molecule has 1 N–H and O–H groups in total. The molecule has 0 aromatic heterocycles. The lowest BCUT2D eigenvalue weighted by Gasteiger charge is -2.40. The Morgan fingerprint density at radius 3 is 2.39 bits per heavy atom. The van der Waals surface area contributed by atoms with Crippen LogP contribution in [0.5, 0.6) is 0 Å². The first-order valence-electron chi connectivity index (χ1n) is 11.0. The molecule has 5 nitrogen and oxygen atoms in total. The van der Waals surface area contributed by atoms with E-state index in [0.29, 0.717) is 12.0 Å². The molecule has 3 aliphatic heterocycles. The third-order valence-corrected chi connectivity index (χ3v) is 6.93. The van der Waals surface area contributed by atoms with Gasteiger partial charge in [-0.1, -0.05) is 18.0 Å². The number of likely N-dealkylation sites (tertiary alicyclic amines) is 2. The van der Waals surface area contributed by atoms with Crippen molar-refractivity contribution in [1.29, 1.82) is 0 Å². The molecule has 0 saturated carbocycles. The van der Waals surface area contributed by atoms with E-state index in [1.54, 1.807) is 0 Å². The second-order valence-electron chi connectivity index (χ2n) is 8.58. The van der Waals surface area contributed by atoms with Gasteiger partial charge in [0.15, 0.2) is 0 Å². The number of anilines is 1. The maximum Gasteiger partial charge on any atom is 0.317 e. The van der Waals surface area contributed by atoms with Gasteiger partial charge in [-0.15, -0.1) is 0 Å². The SMILES string of the molecule is O=C(NCC1CCN(c2ccc(Cl)cc2)C1)N1CCC(N2CCCCC2)CC1. The van der Waals surface area contributed by atoms with Crippen molar-refractivity contribution >= 4 is 23.3 Å². The molecule has 4 rings (SSSR count). The Bertz CT molecular complexity index is 638. The summed E-state index contributed by atoms with van der Waals surface area (Å²) in [4.78, 5) is 19.7. The van der Waals surface area contributed by atoms with Gasteiger partial charge in [-0.2, -0.15) is 0 Å². The predicted molar refractivity (Wildman–Crippen MR) is 115 cm³/mol. The van der Waals surface area contributed by atoms with E-state index in [-0.39, 0.29) is 6.03 Å². The normalized spacial score (nSPS) is 24.5. The second-order valence-corrected chi connectivity index (χ2v) is 9.01. The van der Waals surface area contributed by atoms with Crippen molar-refractivity contribution in [3.05, 3.63) is 29.3 Å². The molecule has 1 aromatic carbocycles. The molecule has 1 unspecified atom stereocenters. The van der Waals surface area contributed by atoms with E-state index < -0.39 is 0 Å². The minimum absolute atomic E-state index is 0.127. The summed E-state index contributed by atoms with van der Waals surface area (Å²) in [6.07, 6.45) is 7.45. The summed E-state index contributed by atoms with van der Waals surface area (Å²) in [6, 6.07) is 8.86. The van der Waals surface area contributed by atoms with Gasteiger partial charge in [-0.3, -0.25) is 0 Å². The van der Waals surface area contributed by atoms with Gasteiger partial charge in [0.05, 0.1) is 0 Å². The second kappa shape index (κ2) is 9.36. The van der Waals surface area contributed by atoms with Crippen molar-refractivity contribution < 1.29 is 4.79 Å². The molecule has 1 aromatic rings. The van der Waals surface area contributed by atoms with Crippen LogP contribution in [-0.2, 0) is 0 Å². The van der Waals surface area contributed by atoms with E-state index in [0.717, 1.165) is 57.0 Å². The van der Waals surface area contributed by atoms with E-state index in [2.05, 4.69) is 27.2 Å². The molecule has 2 amide bonds. The average Bonchev–Trinajstić information content (AvgIpc) is 3.22. The van der Waals surface area contributed by atoms with E-state index >= 15 is 0 Å². The number of halogens is 1. The third-order valence-electron chi connectivity index (χ3n) is 6.68. The van der Waals surface area contributed by atoms with Gasteiger partial charge in [-0.05, 0) is 75.4 Å². The molecule has 0 bridgehead atoms. The van der Waals surface area contributed by atoms with Crippen LogP contribution in [0.2, 0.25) is 5.02 Å². The van der Waals surface area contributed by atoms with E-state index in [1.807, 2.05) is 17.0 Å². The van der Waals surface area contributed by atoms with Crippen LogP contribution in [0.25, 0.3) is 0 Å². The number of hydrogen-bond acceptors (Lipinski definition) is 3. The standard InChI is InChI=1S/C22H33ClN4O/c23-19-4-6-20(7-5-19)27-13-8-18(17-27)16-24-22(28)26-14-9-21(10-15-26)25-11-2-1-3-12-25/h4-7,18,21H,1-3,8-17H2,(H,24,28). The Hall–Kier alpha value is -1.46. The van der Waals surface area contributed by atoms with Crippen molar-refractivity contribution in [3.63, 3.8) is 0 Å². The number of nitrogens with one attached hydrogen (secondary N) is 1. The van der Waals surface area contributed by atoms with E-state index in [4.69, 9.17) is 11.6 Å². The number of hydrogen-bond donors (Lipinski definition) is 1. The molecule has 0 radical (unpaired) electrons. The Balaban J connectivity index is 1.17. The van der Waals surface area contributed by atoms with Crippen molar-refractivity contribution in [1.82, 2.24) is 15.1 Å². The number of carbonyl (C=O) groups excluding carboxylic acids is 1. The molecule has 3 fully saturated rings. The van der Waals surface area contributed by atoms with Crippen LogP contribution in [0.1, 0.15) is 38.5 Å². The smallest absolute Gasteiger partial charge is 0.317 e. The van der Waals surface area contributed by atoms with Crippen LogP contribution < -0.4 is 10.2 Å². The zero-order chi connectivity index (χ0) is 19.3. The largest absolute Gasteiger partial charge is 0.371 e. The van der Waals surface area contributed by atoms with Crippen molar-refractivity contribution in [3.8, 4) is 0 Å². The highest BCUT2D eigenvalue weighted by Crippen LogP contribution is 2.25. The number of carbonyl (C=O) groups is 1. The first kappa shape index (κ1) is 19.8. The molecule has 3 heterocycles. The van der Waals surface area contributed by atoms with Crippen molar-refractivity contribution in [2.75, 3.05) is 50.7 Å². The van der Waals surface area contributed by atoms with Crippen LogP contribution >= 0.6 is 11.6 Å².